The molecule has 4 heterocycles. The number of hydrogen-bond donors (Lipinski definition) is 1. The van der Waals surface area contributed by atoms with Crippen LogP contribution in [-0.2, 0) is 4.74 Å². The Morgan fingerprint density at radius 3 is 2.71 bits per heavy atom. The van der Waals surface area contributed by atoms with Gasteiger partial charge in [0.1, 0.15) is 17.0 Å². The van der Waals surface area contributed by atoms with Crippen molar-refractivity contribution in [2.24, 2.45) is 5.92 Å². The van der Waals surface area contributed by atoms with Crippen LogP contribution in [0.5, 0.6) is 0 Å². The Balaban J connectivity index is 1.41. The van der Waals surface area contributed by atoms with E-state index in [1.165, 1.54) is 29.4 Å². The Morgan fingerprint density at radius 1 is 1.19 bits per heavy atom. The largest absolute Gasteiger partial charge is 0.377 e. The lowest BCUT2D eigenvalue weighted by molar-refractivity contribution is -0.00955. The maximum atomic E-state index is 6.25. The first kappa shape index (κ1) is 21.3. The summed E-state index contributed by atoms with van der Waals surface area (Å²) in [6.07, 6.45) is 6.82. The molecule has 0 amide bonds. The van der Waals surface area contributed by atoms with E-state index in [2.05, 4.69) is 68.4 Å². The van der Waals surface area contributed by atoms with Crippen molar-refractivity contribution in [3.8, 4) is 11.1 Å². The topological polar surface area (TPSA) is 50.3 Å². The molecule has 164 valence electrons. The van der Waals surface area contributed by atoms with Crippen molar-refractivity contribution >= 4 is 43.3 Å². The zero-order valence-electron chi connectivity index (χ0n) is 17.9. The second-order valence-corrected chi connectivity index (χ2v) is 10.8. The van der Waals surface area contributed by atoms with Gasteiger partial charge in [-0.15, -0.1) is 11.3 Å². The van der Waals surface area contributed by atoms with Gasteiger partial charge >= 0.3 is 0 Å². The van der Waals surface area contributed by atoms with Crippen LogP contribution in [0.1, 0.15) is 32.6 Å². The molecule has 0 spiro atoms. The molecule has 31 heavy (non-hydrogen) atoms. The third-order valence-corrected chi connectivity index (χ3v) is 8.41. The van der Waals surface area contributed by atoms with E-state index in [-0.39, 0.29) is 0 Å². The number of halogens is 1. The van der Waals surface area contributed by atoms with Crippen molar-refractivity contribution in [2.45, 2.75) is 44.8 Å². The maximum Gasteiger partial charge on any atom is 0.141 e. The second kappa shape index (κ2) is 9.53. The minimum absolute atomic E-state index is 0.329. The van der Waals surface area contributed by atoms with Gasteiger partial charge in [0, 0.05) is 31.3 Å². The molecule has 2 aromatic heterocycles. The minimum atomic E-state index is 0.329. The van der Waals surface area contributed by atoms with Crippen LogP contribution in [0.3, 0.4) is 0 Å². The molecule has 1 aromatic carbocycles. The number of anilines is 1. The van der Waals surface area contributed by atoms with Crippen LogP contribution >= 0.6 is 27.3 Å². The molecule has 5 nitrogen and oxygen atoms in total. The standard InChI is InChI=1S/C24H29BrN4OS/c1-2-30-21(18-9-6-12-26-18)17-10-13-29(14-11-17)23-20-19(16-7-4-3-5-8-16)22(25)31-24(20)28-15-27-23/h3-5,7-8,15,17-18,21,26H,2,6,9-14H2,1H3. The monoisotopic (exact) mass is 500 g/mol. The van der Waals surface area contributed by atoms with Crippen LogP contribution in [0.15, 0.2) is 40.4 Å². The molecular formula is C24H29BrN4OS. The first-order valence-corrected chi connectivity index (χ1v) is 13.0. The molecule has 2 aliphatic rings. The predicted octanol–water partition coefficient (Wildman–Crippen LogP) is 5.49. The molecule has 0 radical (unpaired) electrons. The first-order valence-electron chi connectivity index (χ1n) is 11.3. The zero-order chi connectivity index (χ0) is 21.2. The van der Waals surface area contributed by atoms with E-state index in [4.69, 9.17) is 9.72 Å². The summed E-state index contributed by atoms with van der Waals surface area (Å²) in [6, 6.07) is 11.1. The number of nitrogens with zero attached hydrogens (tertiary/aromatic N) is 3. The molecule has 7 heteroatoms. The summed E-state index contributed by atoms with van der Waals surface area (Å²) in [5.74, 6) is 1.67. The molecule has 5 rings (SSSR count). The van der Waals surface area contributed by atoms with Gasteiger partial charge in [-0.05, 0) is 66.6 Å². The summed E-state index contributed by atoms with van der Waals surface area (Å²) >= 11 is 5.49. The highest BCUT2D eigenvalue weighted by Gasteiger charge is 2.35. The Kier molecular flexibility index (Phi) is 6.55. The molecule has 2 aliphatic heterocycles. The van der Waals surface area contributed by atoms with Gasteiger partial charge in [0.25, 0.3) is 0 Å². The Bertz CT molecular complexity index is 1010. The third kappa shape index (κ3) is 4.25. The lowest BCUT2D eigenvalue weighted by atomic mass is 9.86. The highest BCUT2D eigenvalue weighted by molar-refractivity contribution is 9.11. The van der Waals surface area contributed by atoms with Gasteiger partial charge in [-0.25, -0.2) is 9.97 Å². The fourth-order valence-corrected chi connectivity index (χ4v) is 6.97. The Hall–Kier alpha value is -1.54. The van der Waals surface area contributed by atoms with E-state index >= 15 is 0 Å². The molecular weight excluding hydrogens is 472 g/mol. The smallest absolute Gasteiger partial charge is 0.141 e. The highest BCUT2D eigenvalue weighted by Crippen LogP contribution is 2.45. The average molecular weight is 501 g/mol. The van der Waals surface area contributed by atoms with Gasteiger partial charge in [-0.2, -0.15) is 0 Å². The number of thiophene rings is 1. The van der Waals surface area contributed by atoms with Crippen molar-refractivity contribution in [1.82, 2.24) is 15.3 Å². The number of fused-ring (bicyclic) bond motifs is 1. The molecule has 2 atom stereocenters. The van der Waals surface area contributed by atoms with Gasteiger partial charge in [0.05, 0.1) is 15.3 Å². The molecule has 2 saturated heterocycles. The van der Waals surface area contributed by atoms with Crippen molar-refractivity contribution in [3.63, 3.8) is 0 Å². The number of rotatable bonds is 6. The Labute approximate surface area is 196 Å². The number of nitrogens with one attached hydrogen (secondary N) is 1. The van der Waals surface area contributed by atoms with Crippen LogP contribution in [-0.4, -0.2) is 48.4 Å². The summed E-state index contributed by atoms with van der Waals surface area (Å²) in [4.78, 5) is 12.9. The number of benzene rings is 1. The van der Waals surface area contributed by atoms with Crippen molar-refractivity contribution in [2.75, 3.05) is 31.1 Å². The van der Waals surface area contributed by atoms with Gasteiger partial charge in [-0.1, -0.05) is 30.3 Å². The Morgan fingerprint density at radius 2 is 2.00 bits per heavy atom. The summed E-state index contributed by atoms with van der Waals surface area (Å²) in [6.45, 7) is 6.05. The number of ether oxygens (including phenoxy) is 1. The molecule has 2 unspecified atom stereocenters. The lowest BCUT2D eigenvalue weighted by Crippen LogP contribution is -2.46. The molecule has 0 bridgehead atoms. The second-order valence-electron chi connectivity index (χ2n) is 8.44. The quantitative estimate of drug-likeness (QED) is 0.484. The molecule has 1 N–H and O–H groups in total. The van der Waals surface area contributed by atoms with Crippen molar-refractivity contribution in [1.29, 1.82) is 0 Å². The first-order chi connectivity index (χ1) is 15.3. The fraction of sp³-hybridized carbons (Fsp3) is 0.500. The lowest BCUT2D eigenvalue weighted by Gasteiger charge is -2.38. The molecule has 0 aliphatic carbocycles. The van der Waals surface area contributed by atoms with Crippen molar-refractivity contribution < 1.29 is 4.74 Å². The molecule has 2 fully saturated rings. The van der Waals surface area contributed by atoms with Gasteiger partial charge < -0.3 is 15.0 Å². The van der Waals surface area contributed by atoms with E-state index < -0.39 is 0 Å². The van der Waals surface area contributed by atoms with Crippen LogP contribution in [0.4, 0.5) is 5.82 Å². The predicted molar refractivity (Wildman–Crippen MR) is 132 cm³/mol. The van der Waals surface area contributed by atoms with E-state index in [1.54, 1.807) is 17.7 Å². The van der Waals surface area contributed by atoms with Crippen LogP contribution in [0.25, 0.3) is 21.3 Å². The average Bonchev–Trinajstić information content (AvgIpc) is 3.45. The maximum absolute atomic E-state index is 6.25. The SMILES string of the molecule is CCOC(C1CCN(c2ncnc3sc(Br)c(-c4ccccc4)c23)CC1)C1CCCN1. The fourth-order valence-electron chi connectivity index (χ4n) is 5.20. The normalized spacial score (nSPS) is 21.1. The van der Waals surface area contributed by atoms with Crippen LogP contribution < -0.4 is 10.2 Å². The molecule has 3 aromatic rings. The zero-order valence-corrected chi connectivity index (χ0v) is 20.3. The number of piperidine rings is 1. The van der Waals surface area contributed by atoms with E-state index in [0.29, 0.717) is 18.1 Å². The summed E-state index contributed by atoms with van der Waals surface area (Å²) in [5, 5.41) is 4.84. The van der Waals surface area contributed by atoms with E-state index in [9.17, 15) is 0 Å². The minimum Gasteiger partial charge on any atom is -0.377 e. The highest BCUT2D eigenvalue weighted by atomic mass is 79.9. The third-order valence-electron chi connectivity index (χ3n) is 6.65. The number of aromatic nitrogens is 2. The van der Waals surface area contributed by atoms with Gasteiger partial charge in [-0.3, -0.25) is 0 Å². The van der Waals surface area contributed by atoms with Crippen molar-refractivity contribution in [3.05, 3.63) is 40.4 Å². The van der Waals surface area contributed by atoms with E-state index in [0.717, 1.165) is 53.5 Å². The van der Waals surface area contributed by atoms with Gasteiger partial charge in [0.2, 0.25) is 0 Å². The van der Waals surface area contributed by atoms with Gasteiger partial charge in [0.15, 0.2) is 0 Å². The summed E-state index contributed by atoms with van der Waals surface area (Å²) in [5.41, 5.74) is 2.41. The van der Waals surface area contributed by atoms with E-state index in [1.807, 2.05) is 0 Å². The summed E-state index contributed by atoms with van der Waals surface area (Å²) in [7, 11) is 0. The van der Waals surface area contributed by atoms with Crippen LogP contribution in [0, 0.1) is 5.92 Å². The summed E-state index contributed by atoms with van der Waals surface area (Å²) < 4.78 is 7.37. The number of hydrogen-bond acceptors (Lipinski definition) is 6. The van der Waals surface area contributed by atoms with Crippen LogP contribution in [0.2, 0.25) is 0 Å². The molecule has 0 saturated carbocycles.